The van der Waals surface area contributed by atoms with E-state index in [2.05, 4.69) is 5.32 Å². The molecule has 2 amide bonds. The molecule has 1 aliphatic heterocycles. The molecular weight excluding hydrogens is 340 g/mol. The van der Waals surface area contributed by atoms with E-state index in [1.807, 2.05) is 0 Å². The molecule has 1 saturated heterocycles. The highest BCUT2D eigenvalue weighted by molar-refractivity contribution is 8.18. The van der Waals surface area contributed by atoms with Crippen LogP contribution in [0.5, 0.6) is 11.5 Å². The first kappa shape index (κ1) is 17.5. The van der Waals surface area contributed by atoms with Gasteiger partial charge in [-0.2, -0.15) is 0 Å². The predicted octanol–water partition coefficient (Wildman–Crippen LogP) is 2.24. The third kappa shape index (κ3) is 3.71. The molecule has 1 heterocycles. The Hall–Kier alpha value is -2.88. The number of hydrogen-bond donors (Lipinski definition) is 1. The molecule has 1 aromatic rings. The molecule has 0 radical (unpaired) electrons. The Labute approximate surface area is 140 Å². The Bertz CT molecular complexity index is 773. The van der Waals surface area contributed by atoms with Gasteiger partial charge >= 0.3 is 11.7 Å². The van der Waals surface area contributed by atoms with E-state index in [-0.39, 0.29) is 28.6 Å². The van der Waals surface area contributed by atoms with Gasteiger partial charge in [-0.1, -0.05) is 0 Å². The topological polar surface area (TPSA) is 125 Å². The SMILES string of the molecule is CCOc1c(OC(C)=O)ccc(/C=C2\SC(=O)NC2=O)c1[N+](=O)[O-]. The summed E-state index contributed by atoms with van der Waals surface area (Å²) < 4.78 is 10.2. The second-order valence-electron chi connectivity index (χ2n) is 4.47. The highest BCUT2D eigenvalue weighted by Gasteiger charge is 2.29. The van der Waals surface area contributed by atoms with Gasteiger partial charge in [-0.05, 0) is 36.9 Å². The van der Waals surface area contributed by atoms with Gasteiger partial charge in [-0.25, -0.2) is 0 Å². The van der Waals surface area contributed by atoms with Gasteiger partial charge in [-0.3, -0.25) is 29.8 Å². The number of carbonyl (C=O) groups is 3. The summed E-state index contributed by atoms with van der Waals surface area (Å²) in [6.45, 7) is 2.87. The fourth-order valence-electron chi connectivity index (χ4n) is 1.95. The number of nitro groups is 1. The number of benzene rings is 1. The molecule has 1 aromatic carbocycles. The van der Waals surface area contributed by atoms with Crippen molar-refractivity contribution in [3.8, 4) is 11.5 Å². The van der Waals surface area contributed by atoms with Gasteiger partial charge in [0.2, 0.25) is 5.75 Å². The normalized spacial score (nSPS) is 15.3. The number of esters is 1. The second-order valence-corrected chi connectivity index (χ2v) is 5.48. The fraction of sp³-hybridized carbons (Fsp3) is 0.214. The van der Waals surface area contributed by atoms with E-state index in [0.29, 0.717) is 11.8 Å². The number of hydrogen-bond acceptors (Lipinski definition) is 8. The monoisotopic (exact) mass is 352 g/mol. The molecule has 2 rings (SSSR count). The van der Waals surface area contributed by atoms with E-state index < -0.39 is 27.7 Å². The molecule has 10 heteroatoms. The lowest BCUT2D eigenvalue weighted by molar-refractivity contribution is -0.386. The lowest BCUT2D eigenvalue weighted by atomic mass is 10.1. The molecule has 126 valence electrons. The molecule has 0 atom stereocenters. The zero-order valence-electron chi connectivity index (χ0n) is 12.7. The Balaban J connectivity index is 2.60. The van der Waals surface area contributed by atoms with Gasteiger partial charge < -0.3 is 9.47 Å². The molecule has 24 heavy (non-hydrogen) atoms. The van der Waals surface area contributed by atoms with E-state index in [4.69, 9.17) is 9.47 Å². The summed E-state index contributed by atoms with van der Waals surface area (Å²) in [6, 6.07) is 2.63. The largest absolute Gasteiger partial charge is 0.485 e. The first-order valence-corrected chi connectivity index (χ1v) is 7.52. The molecule has 0 spiro atoms. The molecule has 1 N–H and O–H groups in total. The van der Waals surface area contributed by atoms with Crippen LogP contribution in [-0.4, -0.2) is 28.6 Å². The molecule has 0 aliphatic carbocycles. The molecule has 0 unspecified atom stereocenters. The maximum Gasteiger partial charge on any atom is 0.322 e. The smallest absolute Gasteiger partial charge is 0.322 e. The quantitative estimate of drug-likeness (QED) is 0.281. The van der Waals surface area contributed by atoms with Gasteiger partial charge in [0.25, 0.3) is 11.1 Å². The summed E-state index contributed by atoms with van der Waals surface area (Å²) in [5, 5.41) is 13.0. The number of nitrogens with one attached hydrogen (secondary N) is 1. The minimum atomic E-state index is -0.705. The van der Waals surface area contributed by atoms with Crippen molar-refractivity contribution < 1.29 is 28.8 Å². The zero-order chi connectivity index (χ0) is 17.9. The van der Waals surface area contributed by atoms with Crippen LogP contribution in [0, 0.1) is 10.1 Å². The Kier molecular flexibility index (Phi) is 5.19. The lowest BCUT2D eigenvalue weighted by Gasteiger charge is -2.11. The number of carbonyl (C=O) groups excluding carboxylic acids is 3. The second kappa shape index (κ2) is 7.13. The van der Waals surface area contributed by atoms with Crippen LogP contribution in [0.4, 0.5) is 10.5 Å². The molecular formula is C14H12N2O7S. The summed E-state index contributed by atoms with van der Waals surface area (Å²) >= 11 is 0.636. The maximum absolute atomic E-state index is 11.6. The van der Waals surface area contributed by atoms with E-state index in [1.165, 1.54) is 18.2 Å². The minimum absolute atomic E-state index is 0.0192. The van der Waals surface area contributed by atoms with Crippen molar-refractivity contribution in [2.45, 2.75) is 13.8 Å². The van der Waals surface area contributed by atoms with Crippen LogP contribution in [0.25, 0.3) is 6.08 Å². The van der Waals surface area contributed by atoms with Crippen molar-refractivity contribution in [1.29, 1.82) is 0 Å². The van der Waals surface area contributed by atoms with E-state index in [1.54, 1.807) is 6.92 Å². The number of thioether (sulfide) groups is 1. The first-order valence-electron chi connectivity index (χ1n) is 6.71. The van der Waals surface area contributed by atoms with E-state index >= 15 is 0 Å². The van der Waals surface area contributed by atoms with Gasteiger partial charge in [0.1, 0.15) is 0 Å². The highest BCUT2D eigenvalue weighted by Crippen LogP contribution is 2.41. The molecule has 0 aromatic heterocycles. The number of amides is 2. The standard InChI is InChI=1S/C14H12N2O7S/c1-3-22-12-9(23-7(2)17)5-4-8(11(12)16(20)21)6-10-13(18)15-14(19)24-10/h4-6H,3H2,1-2H3,(H,15,18,19)/b10-6-. The van der Waals surface area contributed by atoms with Crippen LogP contribution >= 0.6 is 11.8 Å². The van der Waals surface area contributed by atoms with E-state index in [9.17, 15) is 24.5 Å². The third-order valence-electron chi connectivity index (χ3n) is 2.78. The first-order chi connectivity index (χ1) is 11.3. The van der Waals surface area contributed by atoms with Gasteiger partial charge in [0.15, 0.2) is 5.75 Å². The number of nitro benzene ring substituents is 1. The Morgan fingerprint density at radius 3 is 2.62 bits per heavy atom. The maximum atomic E-state index is 11.6. The van der Waals surface area contributed by atoms with Crippen LogP contribution in [0.2, 0.25) is 0 Å². The summed E-state index contributed by atoms with van der Waals surface area (Å²) in [6.07, 6.45) is 1.21. The van der Waals surface area contributed by atoms with Crippen LogP contribution in [-0.2, 0) is 9.59 Å². The van der Waals surface area contributed by atoms with Crippen molar-refractivity contribution in [2.75, 3.05) is 6.61 Å². The summed E-state index contributed by atoms with van der Waals surface area (Å²) in [5.74, 6) is -1.62. The molecule has 0 bridgehead atoms. The fourth-order valence-corrected chi connectivity index (χ4v) is 2.63. The van der Waals surface area contributed by atoms with Gasteiger partial charge in [0, 0.05) is 6.92 Å². The summed E-state index contributed by atoms with van der Waals surface area (Å²) in [5.41, 5.74) is -0.414. The summed E-state index contributed by atoms with van der Waals surface area (Å²) in [7, 11) is 0. The van der Waals surface area contributed by atoms with Gasteiger partial charge in [-0.15, -0.1) is 0 Å². The Morgan fingerprint density at radius 1 is 1.42 bits per heavy atom. The van der Waals surface area contributed by atoms with Crippen LogP contribution < -0.4 is 14.8 Å². The zero-order valence-corrected chi connectivity index (χ0v) is 13.5. The molecule has 1 fully saturated rings. The average Bonchev–Trinajstić information content (AvgIpc) is 2.79. The minimum Gasteiger partial charge on any atom is -0.485 e. The van der Waals surface area contributed by atoms with Crippen LogP contribution in [0.3, 0.4) is 0 Å². The molecule has 9 nitrogen and oxygen atoms in total. The highest BCUT2D eigenvalue weighted by atomic mass is 32.2. The average molecular weight is 352 g/mol. The lowest BCUT2D eigenvalue weighted by Crippen LogP contribution is -2.17. The van der Waals surface area contributed by atoms with Crippen LogP contribution in [0.1, 0.15) is 19.4 Å². The van der Waals surface area contributed by atoms with Crippen molar-refractivity contribution in [3.05, 3.63) is 32.7 Å². The van der Waals surface area contributed by atoms with Crippen molar-refractivity contribution >= 4 is 40.6 Å². The van der Waals surface area contributed by atoms with Gasteiger partial charge in [0.05, 0.1) is 22.0 Å². The predicted molar refractivity (Wildman–Crippen MR) is 84.7 cm³/mol. The Morgan fingerprint density at radius 2 is 2.12 bits per heavy atom. The van der Waals surface area contributed by atoms with Crippen molar-refractivity contribution in [3.63, 3.8) is 0 Å². The van der Waals surface area contributed by atoms with Crippen molar-refractivity contribution in [1.82, 2.24) is 5.32 Å². The number of nitrogens with zero attached hydrogens (tertiary/aromatic N) is 1. The molecule has 0 saturated carbocycles. The third-order valence-corrected chi connectivity index (χ3v) is 3.59. The number of imide groups is 1. The number of ether oxygens (including phenoxy) is 2. The number of rotatable bonds is 5. The van der Waals surface area contributed by atoms with Crippen molar-refractivity contribution in [2.24, 2.45) is 0 Å². The molecule has 1 aliphatic rings. The van der Waals surface area contributed by atoms with E-state index in [0.717, 1.165) is 6.92 Å². The van der Waals surface area contributed by atoms with Crippen LogP contribution in [0.15, 0.2) is 17.0 Å². The summed E-state index contributed by atoms with van der Waals surface area (Å²) in [4.78, 5) is 44.7.